The summed E-state index contributed by atoms with van der Waals surface area (Å²) in [5.74, 6) is 0.850. The summed E-state index contributed by atoms with van der Waals surface area (Å²) in [7, 11) is -3.91. The fourth-order valence-corrected chi connectivity index (χ4v) is 7.17. The molecule has 0 aromatic heterocycles. The Morgan fingerprint density at radius 3 is 2.39 bits per heavy atom. The van der Waals surface area contributed by atoms with E-state index >= 15 is 0 Å². The van der Waals surface area contributed by atoms with Crippen molar-refractivity contribution in [3.05, 3.63) is 50.9 Å². The number of benzene rings is 1. The van der Waals surface area contributed by atoms with Gasteiger partial charge in [-0.3, -0.25) is 9.29 Å². The number of fused-ring (bicyclic) bond motifs is 1. The molecule has 3 rings (SSSR count). The van der Waals surface area contributed by atoms with E-state index in [2.05, 4.69) is 15.0 Å². The zero-order valence-corrected chi connectivity index (χ0v) is 25.2. The number of amides is 1. The molecule has 2 heterocycles. The molecular formula is C26H36N4O5S3. The molecule has 9 nitrogen and oxygen atoms in total. The van der Waals surface area contributed by atoms with Gasteiger partial charge in [-0.2, -0.15) is 4.98 Å². The number of anilines is 1. The first-order chi connectivity index (χ1) is 17.8. The summed E-state index contributed by atoms with van der Waals surface area (Å²) in [5.41, 5.74) is 1.17. The summed E-state index contributed by atoms with van der Waals surface area (Å²) >= 11 is 3.12. The molecule has 0 radical (unpaired) electrons. The van der Waals surface area contributed by atoms with Gasteiger partial charge in [0, 0.05) is 17.1 Å². The van der Waals surface area contributed by atoms with E-state index in [1.807, 2.05) is 41.5 Å². The van der Waals surface area contributed by atoms with Gasteiger partial charge in [0.1, 0.15) is 11.3 Å². The molecule has 38 heavy (non-hydrogen) atoms. The Kier molecular flexibility index (Phi) is 9.88. The van der Waals surface area contributed by atoms with Crippen LogP contribution in [0.1, 0.15) is 62.6 Å². The Balaban J connectivity index is 1.64. The number of sulfonamides is 1. The zero-order chi connectivity index (χ0) is 28.1. The van der Waals surface area contributed by atoms with Crippen LogP contribution in [0.15, 0.2) is 38.2 Å². The van der Waals surface area contributed by atoms with E-state index in [1.54, 1.807) is 23.9 Å². The highest BCUT2D eigenvalue weighted by atomic mass is 32.2. The second-order valence-corrected chi connectivity index (χ2v) is 14.3. The number of aromatic nitrogens is 2. The fraction of sp³-hybridized carbons (Fsp3) is 0.500. The number of rotatable bonds is 11. The Bertz CT molecular complexity index is 1390. The SMILES string of the molecule is Cc1ccc(S(=O)(=O)Nc2nc(=O)n3c(C)c(C)sc(SCCCCCCNC(=O)OC(C)(C)C)c2-3)cc1. The molecule has 0 fully saturated rings. The van der Waals surface area contributed by atoms with Crippen LogP contribution in [0.25, 0.3) is 5.69 Å². The number of nitrogens with zero attached hydrogens (tertiary/aromatic N) is 2. The molecule has 2 aliphatic heterocycles. The highest BCUT2D eigenvalue weighted by molar-refractivity contribution is 8.01. The van der Waals surface area contributed by atoms with E-state index < -0.39 is 27.4 Å². The maximum absolute atomic E-state index is 13.0. The molecule has 0 unspecified atom stereocenters. The van der Waals surface area contributed by atoms with Gasteiger partial charge in [0.15, 0.2) is 5.82 Å². The van der Waals surface area contributed by atoms with Crippen molar-refractivity contribution in [2.24, 2.45) is 0 Å². The van der Waals surface area contributed by atoms with Crippen molar-refractivity contribution in [2.75, 3.05) is 17.0 Å². The number of alkyl carbamates (subject to hydrolysis) is 1. The number of imidazole rings is 1. The quantitative estimate of drug-likeness (QED) is 0.223. The Hall–Kier alpha value is -2.57. The summed E-state index contributed by atoms with van der Waals surface area (Å²) in [6.07, 6.45) is 3.33. The number of hydrogen-bond acceptors (Lipinski definition) is 8. The highest BCUT2D eigenvalue weighted by Gasteiger charge is 2.26. The van der Waals surface area contributed by atoms with Crippen molar-refractivity contribution in [3.8, 4) is 5.69 Å². The molecule has 0 saturated carbocycles. The summed E-state index contributed by atoms with van der Waals surface area (Å²) in [4.78, 5) is 29.6. The van der Waals surface area contributed by atoms with Crippen LogP contribution >= 0.6 is 23.1 Å². The van der Waals surface area contributed by atoms with Crippen LogP contribution in [0.2, 0.25) is 0 Å². The normalized spacial score (nSPS) is 12.1. The fourth-order valence-electron chi connectivity index (χ4n) is 3.64. The van der Waals surface area contributed by atoms with Gasteiger partial charge in [-0.05, 0) is 72.3 Å². The molecule has 0 bridgehead atoms. The maximum Gasteiger partial charge on any atom is 0.407 e. The molecule has 12 heteroatoms. The van der Waals surface area contributed by atoms with Crippen LogP contribution in [0.5, 0.6) is 0 Å². The molecule has 1 aromatic carbocycles. The third-order valence-corrected chi connectivity index (χ3v) is 9.55. The summed E-state index contributed by atoms with van der Waals surface area (Å²) < 4.78 is 36.2. The minimum Gasteiger partial charge on any atom is -0.444 e. The average molecular weight is 581 g/mol. The van der Waals surface area contributed by atoms with Crippen molar-refractivity contribution in [1.29, 1.82) is 0 Å². The molecule has 208 valence electrons. The molecule has 0 spiro atoms. The van der Waals surface area contributed by atoms with E-state index in [9.17, 15) is 18.0 Å². The minimum atomic E-state index is -3.91. The van der Waals surface area contributed by atoms with Gasteiger partial charge < -0.3 is 10.1 Å². The number of thioether (sulfide) groups is 1. The lowest BCUT2D eigenvalue weighted by molar-refractivity contribution is 0.0527. The Morgan fingerprint density at radius 1 is 1.08 bits per heavy atom. The van der Waals surface area contributed by atoms with Gasteiger partial charge in [0.05, 0.1) is 9.10 Å². The Labute approximate surface area is 232 Å². The molecule has 1 amide bonds. The van der Waals surface area contributed by atoms with E-state index in [1.165, 1.54) is 28.0 Å². The van der Waals surface area contributed by atoms with Crippen molar-refractivity contribution in [3.63, 3.8) is 0 Å². The van der Waals surface area contributed by atoms with Gasteiger partial charge in [0.25, 0.3) is 10.0 Å². The number of carbonyl (C=O) groups is 1. The van der Waals surface area contributed by atoms with Crippen molar-refractivity contribution in [1.82, 2.24) is 14.9 Å². The van der Waals surface area contributed by atoms with Crippen LogP contribution < -0.4 is 15.7 Å². The monoisotopic (exact) mass is 580 g/mol. The summed E-state index contributed by atoms with van der Waals surface area (Å²) in [6, 6.07) is 6.52. The third-order valence-electron chi connectivity index (χ3n) is 5.67. The van der Waals surface area contributed by atoms with Crippen LogP contribution in [-0.4, -0.2) is 42.0 Å². The number of unbranched alkanes of at least 4 members (excludes halogenated alkanes) is 3. The number of carbonyl (C=O) groups excluding carboxylic acids is 1. The van der Waals surface area contributed by atoms with Gasteiger partial charge in [0.2, 0.25) is 0 Å². The van der Waals surface area contributed by atoms with Crippen LogP contribution in [0.3, 0.4) is 0 Å². The molecule has 0 aliphatic carbocycles. The topological polar surface area (TPSA) is 119 Å². The average Bonchev–Trinajstić information content (AvgIpc) is 3.13. The number of nitrogens with one attached hydrogen (secondary N) is 2. The standard InChI is InChI=1S/C26H36N4O5S3/c1-17-11-13-20(14-12-17)38(33,34)29-22-21-23(37-19(3)18(2)30(21)24(31)28-22)36-16-10-8-7-9-15-27-25(32)35-26(4,5)6/h11-14H,7-10,15-16H2,1-6H3,(H,27,32)(H,28,29,31). The second-order valence-electron chi connectivity index (χ2n) is 10.1. The van der Waals surface area contributed by atoms with Gasteiger partial charge in [-0.1, -0.05) is 30.5 Å². The lowest BCUT2D eigenvalue weighted by atomic mass is 10.2. The molecule has 0 saturated heterocycles. The lowest BCUT2D eigenvalue weighted by Gasteiger charge is -2.19. The third kappa shape index (κ3) is 7.97. The lowest BCUT2D eigenvalue weighted by Crippen LogP contribution is -2.32. The minimum absolute atomic E-state index is 0.0469. The molecular weight excluding hydrogens is 545 g/mol. The van der Waals surface area contributed by atoms with Crippen LogP contribution in [0, 0.1) is 20.8 Å². The first-order valence-corrected chi connectivity index (χ1v) is 15.8. The van der Waals surface area contributed by atoms with Crippen LogP contribution in [-0.2, 0) is 14.8 Å². The smallest absolute Gasteiger partial charge is 0.407 e. The second kappa shape index (κ2) is 12.5. The van der Waals surface area contributed by atoms with Crippen molar-refractivity contribution in [2.45, 2.75) is 81.9 Å². The summed E-state index contributed by atoms with van der Waals surface area (Å²) in [5, 5.41) is 2.77. The predicted molar refractivity (Wildman–Crippen MR) is 154 cm³/mol. The molecule has 2 aliphatic rings. The number of ether oxygens (including phenoxy) is 1. The number of hydrogen-bond donors (Lipinski definition) is 2. The van der Waals surface area contributed by atoms with Gasteiger partial charge >= 0.3 is 11.8 Å². The van der Waals surface area contributed by atoms with Crippen molar-refractivity contribution >= 4 is 45.0 Å². The largest absolute Gasteiger partial charge is 0.444 e. The van der Waals surface area contributed by atoms with E-state index in [0.29, 0.717) is 12.2 Å². The predicted octanol–water partition coefficient (Wildman–Crippen LogP) is 5.64. The van der Waals surface area contributed by atoms with E-state index in [4.69, 9.17) is 4.74 Å². The van der Waals surface area contributed by atoms with E-state index in [0.717, 1.165) is 51.8 Å². The first kappa shape index (κ1) is 30.0. The van der Waals surface area contributed by atoms with Gasteiger partial charge in [-0.15, -0.1) is 23.1 Å². The zero-order valence-electron chi connectivity index (χ0n) is 22.7. The summed E-state index contributed by atoms with van der Waals surface area (Å²) in [6.45, 7) is 11.7. The molecule has 1 aromatic rings. The number of aryl methyl sites for hydroxylation is 2. The maximum atomic E-state index is 13.0. The highest BCUT2D eigenvalue weighted by Crippen LogP contribution is 2.38. The first-order valence-electron chi connectivity index (χ1n) is 12.5. The van der Waals surface area contributed by atoms with Gasteiger partial charge in [-0.25, -0.2) is 18.0 Å². The van der Waals surface area contributed by atoms with E-state index in [-0.39, 0.29) is 10.7 Å². The molecule has 0 atom stereocenters. The Morgan fingerprint density at radius 2 is 1.74 bits per heavy atom. The van der Waals surface area contributed by atoms with Crippen molar-refractivity contribution < 1.29 is 17.9 Å². The molecule has 2 N–H and O–H groups in total. The van der Waals surface area contributed by atoms with Crippen LogP contribution in [0.4, 0.5) is 10.6 Å².